The zero-order valence-corrected chi connectivity index (χ0v) is 8.47. The first-order chi connectivity index (χ1) is 8.09. The Morgan fingerprint density at radius 3 is 2.35 bits per heavy atom. The molecule has 0 radical (unpaired) electrons. The number of benzene rings is 1. The lowest BCUT2D eigenvalue weighted by molar-refractivity contribution is -0.419. The number of imide groups is 1. The maximum Gasteiger partial charge on any atom is 0.362 e. The van der Waals surface area contributed by atoms with E-state index in [1.165, 1.54) is 0 Å². The van der Waals surface area contributed by atoms with Gasteiger partial charge >= 0.3 is 11.6 Å². The second-order valence-electron chi connectivity index (χ2n) is 3.25. The van der Waals surface area contributed by atoms with Gasteiger partial charge in [-0.05, 0) is 12.1 Å². The summed E-state index contributed by atoms with van der Waals surface area (Å²) in [5, 5.41) is 15.1. The summed E-state index contributed by atoms with van der Waals surface area (Å²) in [6.45, 7) is 0. The summed E-state index contributed by atoms with van der Waals surface area (Å²) < 4.78 is 0. The molecule has 0 aromatic heterocycles. The lowest BCUT2D eigenvalue weighted by Crippen LogP contribution is -2.25. The number of nitrogens with zero attached hydrogens (tertiary/aromatic N) is 1. The molecule has 1 aromatic rings. The highest BCUT2D eigenvalue weighted by Gasteiger charge is 2.39. The summed E-state index contributed by atoms with van der Waals surface area (Å²) >= 11 is 0. The number of rotatable bonds is 3. The largest absolute Gasteiger partial charge is 0.362 e. The van der Waals surface area contributed by atoms with Gasteiger partial charge in [0.25, 0.3) is 5.91 Å². The highest BCUT2D eigenvalue weighted by atomic mass is 16.6. The Morgan fingerprint density at radius 2 is 1.76 bits per heavy atom. The molecule has 1 aliphatic heterocycles. The van der Waals surface area contributed by atoms with Crippen molar-refractivity contribution < 1.29 is 14.5 Å². The lowest BCUT2D eigenvalue weighted by atomic mass is 10.3. The van der Waals surface area contributed by atoms with Crippen LogP contribution in [0.25, 0.3) is 0 Å². The zero-order chi connectivity index (χ0) is 12.4. The van der Waals surface area contributed by atoms with Crippen molar-refractivity contribution in [2.75, 3.05) is 5.32 Å². The second kappa shape index (κ2) is 4.05. The first kappa shape index (κ1) is 10.8. The molecule has 0 saturated heterocycles. The van der Waals surface area contributed by atoms with Gasteiger partial charge in [-0.2, -0.15) is 0 Å². The molecule has 0 fully saturated rings. The average molecular weight is 233 g/mol. The fourth-order valence-corrected chi connectivity index (χ4v) is 1.40. The SMILES string of the molecule is O=C1NC(=O)C([N+](=O)[O-])=C1Nc1ccccc1. The predicted molar refractivity (Wildman–Crippen MR) is 57.2 cm³/mol. The van der Waals surface area contributed by atoms with Crippen molar-refractivity contribution in [3.8, 4) is 0 Å². The molecule has 0 unspecified atom stereocenters. The number of carbonyl (C=O) groups is 2. The highest BCUT2D eigenvalue weighted by Crippen LogP contribution is 2.16. The van der Waals surface area contributed by atoms with Crippen LogP contribution >= 0.6 is 0 Å². The molecule has 7 heteroatoms. The van der Waals surface area contributed by atoms with Crippen LogP contribution in [0.15, 0.2) is 41.7 Å². The van der Waals surface area contributed by atoms with Crippen molar-refractivity contribution in [2.45, 2.75) is 0 Å². The summed E-state index contributed by atoms with van der Waals surface area (Å²) in [5.74, 6) is -1.80. The minimum atomic E-state index is -1.00. The number of para-hydroxylation sites is 1. The van der Waals surface area contributed by atoms with Gasteiger partial charge in [0.2, 0.25) is 0 Å². The molecule has 0 saturated carbocycles. The van der Waals surface area contributed by atoms with Crippen LogP contribution in [0.5, 0.6) is 0 Å². The summed E-state index contributed by atoms with van der Waals surface area (Å²) in [7, 11) is 0. The van der Waals surface area contributed by atoms with Crippen LogP contribution in [0.4, 0.5) is 5.69 Å². The van der Waals surface area contributed by atoms with Crippen LogP contribution in [0, 0.1) is 10.1 Å². The van der Waals surface area contributed by atoms with Gasteiger partial charge in [-0.15, -0.1) is 0 Å². The van der Waals surface area contributed by atoms with Gasteiger partial charge in [0.15, 0.2) is 5.70 Å². The smallest absolute Gasteiger partial charge is 0.345 e. The number of carbonyl (C=O) groups excluding carboxylic acids is 2. The van der Waals surface area contributed by atoms with Crippen LogP contribution in [0.2, 0.25) is 0 Å². The molecule has 1 aliphatic rings. The topological polar surface area (TPSA) is 101 Å². The van der Waals surface area contributed by atoms with Gasteiger partial charge in [0.1, 0.15) is 0 Å². The van der Waals surface area contributed by atoms with Gasteiger partial charge in [-0.25, -0.2) is 0 Å². The number of nitrogens with one attached hydrogen (secondary N) is 2. The van der Waals surface area contributed by atoms with Gasteiger partial charge in [0.05, 0.1) is 4.92 Å². The minimum Gasteiger partial charge on any atom is -0.345 e. The molecule has 17 heavy (non-hydrogen) atoms. The summed E-state index contributed by atoms with van der Waals surface area (Å²) in [6, 6.07) is 8.40. The third-order valence-electron chi connectivity index (χ3n) is 2.13. The van der Waals surface area contributed by atoms with Gasteiger partial charge < -0.3 is 5.32 Å². The molecule has 0 atom stereocenters. The van der Waals surface area contributed by atoms with Crippen LogP contribution < -0.4 is 10.6 Å². The van der Waals surface area contributed by atoms with E-state index in [1.54, 1.807) is 30.3 Å². The van der Waals surface area contributed by atoms with Crippen molar-refractivity contribution >= 4 is 17.5 Å². The van der Waals surface area contributed by atoms with Crippen molar-refractivity contribution in [3.63, 3.8) is 0 Å². The van der Waals surface area contributed by atoms with Crippen molar-refractivity contribution in [3.05, 3.63) is 51.8 Å². The lowest BCUT2D eigenvalue weighted by Gasteiger charge is -2.03. The molecule has 0 bridgehead atoms. The summed E-state index contributed by atoms with van der Waals surface area (Å²) in [6.07, 6.45) is 0. The van der Waals surface area contributed by atoms with Crippen LogP contribution in [-0.4, -0.2) is 16.7 Å². The number of nitro groups is 1. The minimum absolute atomic E-state index is 0.341. The van der Waals surface area contributed by atoms with Crippen molar-refractivity contribution in [2.24, 2.45) is 0 Å². The Balaban J connectivity index is 2.38. The van der Waals surface area contributed by atoms with Crippen LogP contribution in [0.1, 0.15) is 0 Å². The normalized spacial score (nSPS) is 14.8. The standard InChI is InChI=1S/C10H7N3O4/c14-9-7(8(13(16)17)10(15)12-9)11-6-4-2-1-3-5-6/h1-5H,(H2,11,12,14,15). The van der Waals surface area contributed by atoms with E-state index in [4.69, 9.17) is 0 Å². The van der Waals surface area contributed by atoms with E-state index in [1.807, 2.05) is 5.32 Å². The number of amides is 2. The van der Waals surface area contributed by atoms with E-state index < -0.39 is 22.4 Å². The fourth-order valence-electron chi connectivity index (χ4n) is 1.40. The molecular formula is C10H7N3O4. The molecule has 2 rings (SSSR count). The van der Waals surface area contributed by atoms with E-state index in [0.29, 0.717) is 5.69 Å². The molecule has 0 spiro atoms. The quantitative estimate of drug-likeness (QED) is 0.442. The average Bonchev–Trinajstić information content (AvgIpc) is 2.55. The molecular weight excluding hydrogens is 226 g/mol. The first-order valence-electron chi connectivity index (χ1n) is 4.66. The monoisotopic (exact) mass is 233 g/mol. The second-order valence-corrected chi connectivity index (χ2v) is 3.25. The fraction of sp³-hybridized carbons (Fsp3) is 0. The summed E-state index contributed by atoms with van der Waals surface area (Å²) in [4.78, 5) is 32.3. The van der Waals surface area contributed by atoms with Crippen LogP contribution in [-0.2, 0) is 9.59 Å². The first-order valence-corrected chi connectivity index (χ1v) is 4.66. The van der Waals surface area contributed by atoms with E-state index in [-0.39, 0.29) is 5.70 Å². The van der Waals surface area contributed by atoms with Gasteiger partial charge in [-0.1, -0.05) is 18.2 Å². The summed E-state index contributed by atoms with van der Waals surface area (Å²) in [5.41, 5.74) is -0.614. The number of hydrogen-bond acceptors (Lipinski definition) is 5. The highest BCUT2D eigenvalue weighted by molar-refractivity contribution is 6.19. The molecule has 86 valence electrons. The Hall–Kier alpha value is -2.70. The molecule has 1 heterocycles. The van der Waals surface area contributed by atoms with Crippen LogP contribution in [0.3, 0.4) is 0 Å². The van der Waals surface area contributed by atoms with E-state index in [9.17, 15) is 19.7 Å². The maximum atomic E-state index is 11.3. The predicted octanol–water partition coefficient (Wildman–Crippen LogP) is 0.243. The molecule has 0 aliphatic carbocycles. The van der Waals surface area contributed by atoms with E-state index >= 15 is 0 Å². The molecule has 2 amide bonds. The Kier molecular flexibility index (Phi) is 2.57. The third kappa shape index (κ3) is 1.98. The number of hydrogen-bond donors (Lipinski definition) is 2. The molecule has 7 nitrogen and oxygen atoms in total. The Labute approximate surface area is 95.3 Å². The Morgan fingerprint density at radius 1 is 1.12 bits per heavy atom. The number of anilines is 1. The molecule has 1 aromatic carbocycles. The van der Waals surface area contributed by atoms with Crippen molar-refractivity contribution in [1.82, 2.24) is 5.32 Å². The maximum absolute atomic E-state index is 11.3. The van der Waals surface area contributed by atoms with Gasteiger partial charge in [-0.3, -0.25) is 25.0 Å². The van der Waals surface area contributed by atoms with Crippen molar-refractivity contribution in [1.29, 1.82) is 0 Å². The van der Waals surface area contributed by atoms with E-state index in [2.05, 4.69) is 5.32 Å². The van der Waals surface area contributed by atoms with E-state index in [0.717, 1.165) is 0 Å². The molecule has 2 N–H and O–H groups in total. The third-order valence-corrected chi connectivity index (χ3v) is 2.13. The van der Waals surface area contributed by atoms with Gasteiger partial charge in [0, 0.05) is 5.69 Å². The Bertz CT molecular complexity index is 536. The zero-order valence-electron chi connectivity index (χ0n) is 8.47.